The van der Waals surface area contributed by atoms with Crippen molar-refractivity contribution < 1.29 is 9.53 Å². The molecule has 0 atom stereocenters. The molecule has 0 saturated heterocycles. The molecular formula is C13H19ClN2O2. The monoisotopic (exact) mass is 270 g/mol. The van der Waals surface area contributed by atoms with Gasteiger partial charge in [0.1, 0.15) is 0 Å². The SMILES string of the molecule is COCCN(C)C(=O)c1ccc2c(c1)CCN2.Cl. The van der Waals surface area contributed by atoms with Crippen molar-refractivity contribution in [1.82, 2.24) is 4.90 Å². The molecular weight excluding hydrogens is 252 g/mol. The fourth-order valence-corrected chi connectivity index (χ4v) is 1.99. The average molecular weight is 271 g/mol. The van der Waals surface area contributed by atoms with Gasteiger partial charge < -0.3 is 15.0 Å². The Morgan fingerprint density at radius 1 is 1.50 bits per heavy atom. The van der Waals surface area contributed by atoms with Crippen LogP contribution >= 0.6 is 12.4 Å². The molecule has 0 radical (unpaired) electrons. The molecule has 5 heteroatoms. The van der Waals surface area contributed by atoms with E-state index in [2.05, 4.69) is 5.32 Å². The Bertz CT molecular complexity index is 423. The Hall–Kier alpha value is -1.26. The van der Waals surface area contributed by atoms with Gasteiger partial charge in [0.2, 0.25) is 0 Å². The third-order valence-corrected chi connectivity index (χ3v) is 3.04. The molecule has 18 heavy (non-hydrogen) atoms. The summed E-state index contributed by atoms with van der Waals surface area (Å²) in [5.74, 6) is 0.0525. The van der Waals surface area contributed by atoms with E-state index in [-0.39, 0.29) is 18.3 Å². The van der Waals surface area contributed by atoms with Crippen LogP contribution < -0.4 is 5.32 Å². The first-order valence-corrected chi connectivity index (χ1v) is 5.83. The summed E-state index contributed by atoms with van der Waals surface area (Å²) < 4.78 is 4.97. The van der Waals surface area contributed by atoms with E-state index in [1.165, 1.54) is 5.56 Å². The molecule has 1 aliphatic rings. The van der Waals surface area contributed by atoms with Crippen LogP contribution in [0.1, 0.15) is 15.9 Å². The summed E-state index contributed by atoms with van der Waals surface area (Å²) in [6.07, 6.45) is 0.998. The van der Waals surface area contributed by atoms with Crippen LogP contribution in [-0.4, -0.2) is 44.7 Å². The van der Waals surface area contributed by atoms with Gasteiger partial charge in [-0.2, -0.15) is 0 Å². The Morgan fingerprint density at radius 3 is 3.00 bits per heavy atom. The van der Waals surface area contributed by atoms with Gasteiger partial charge in [-0.05, 0) is 30.2 Å². The van der Waals surface area contributed by atoms with Crippen LogP contribution in [0.15, 0.2) is 18.2 Å². The largest absolute Gasteiger partial charge is 0.384 e. The number of ether oxygens (including phenoxy) is 1. The van der Waals surface area contributed by atoms with E-state index in [0.717, 1.165) is 24.2 Å². The van der Waals surface area contributed by atoms with Crippen molar-refractivity contribution in [3.05, 3.63) is 29.3 Å². The van der Waals surface area contributed by atoms with Gasteiger partial charge >= 0.3 is 0 Å². The van der Waals surface area contributed by atoms with E-state index in [1.807, 2.05) is 18.2 Å². The predicted molar refractivity (Wildman–Crippen MR) is 74.7 cm³/mol. The van der Waals surface area contributed by atoms with Crippen molar-refractivity contribution in [2.75, 3.05) is 39.2 Å². The molecule has 0 bridgehead atoms. The van der Waals surface area contributed by atoms with Gasteiger partial charge in [0.25, 0.3) is 5.91 Å². The number of rotatable bonds is 4. The highest BCUT2D eigenvalue weighted by Gasteiger charge is 2.15. The number of fused-ring (bicyclic) bond motifs is 1. The number of carbonyl (C=O) groups excluding carboxylic acids is 1. The van der Waals surface area contributed by atoms with E-state index in [1.54, 1.807) is 19.1 Å². The van der Waals surface area contributed by atoms with Crippen molar-refractivity contribution in [1.29, 1.82) is 0 Å². The van der Waals surface area contributed by atoms with Gasteiger partial charge in [-0.3, -0.25) is 4.79 Å². The maximum Gasteiger partial charge on any atom is 0.253 e. The molecule has 0 aliphatic carbocycles. The quantitative estimate of drug-likeness (QED) is 0.907. The molecule has 4 nitrogen and oxygen atoms in total. The second-order valence-corrected chi connectivity index (χ2v) is 4.27. The average Bonchev–Trinajstić information content (AvgIpc) is 2.81. The predicted octanol–water partition coefficient (Wildman–Crippen LogP) is 1.79. The number of nitrogens with zero attached hydrogens (tertiary/aromatic N) is 1. The second-order valence-electron chi connectivity index (χ2n) is 4.27. The van der Waals surface area contributed by atoms with Crippen LogP contribution in [0.2, 0.25) is 0 Å². The lowest BCUT2D eigenvalue weighted by atomic mass is 10.1. The number of carbonyl (C=O) groups is 1. The third kappa shape index (κ3) is 3.15. The molecule has 0 fully saturated rings. The minimum atomic E-state index is 0. The third-order valence-electron chi connectivity index (χ3n) is 3.04. The zero-order chi connectivity index (χ0) is 12.3. The molecule has 1 heterocycles. The zero-order valence-electron chi connectivity index (χ0n) is 10.7. The van der Waals surface area contributed by atoms with Crippen molar-refractivity contribution in [2.45, 2.75) is 6.42 Å². The standard InChI is InChI=1S/C13H18N2O2.ClH/c1-15(7-8-17-2)13(16)11-3-4-12-10(9-11)5-6-14-12;/h3-4,9,14H,5-8H2,1-2H3;1H. The number of hydrogen-bond acceptors (Lipinski definition) is 3. The molecule has 2 rings (SSSR count). The molecule has 1 aromatic carbocycles. The number of halogens is 1. The summed E-state index contributed by atoms with van der Waals surface area (Å²) in [5, 5.41) is 3.28. The lowest BCUT2D eigenvalue weighted by Crippen LogP contribution is -2.29. The number of amides is 1. The molecule has 0 spiro atoms. The molecule has 100 valence electrons. The summed E-state index contributed by atoms with van der Waals surface area (Å²) in [6, 6.07) is 5.85. The molecule has 0 aromatic heterocycles. The number of likely N-dealkylation sites (N-methyl/N-ethyl adjacent to an activating group) is 1. The van der Waals surface area contributed by atoms with E-state index in [9.17, 15) is 4.79 Å². The lowest BCUT2D eigenvalue weighted by Gasteiger charge is -2.17. The van der Waals surface area contributed by atoms with E-state index in [0.29, 0.717) is 13.2 Å². The summed E-state index contributed by atoms with van der Waals surface area (Å²) in [6.45, 7) is 2.14. The maximum atomic E-state index is 12.1. The number of nitrogens with one attached hydrogen (secondary N) is 1. The summed E-state index contributed by atoms with van der Waals surface area (Å²) in [7, 11) is 3.44. The highest BCUT2D eigenvalue weighted by molar-refractivity contribution is 5.94. The van der Waals surface area contributed by atoms with Crippen molar-refractivity contribution in [3.8, 4) is 0 Å². The van der Waals surface area contributed by atoms with Crippen molar-refractivity contribution >= 4 is 24.0 Å². The topological polar surface area (TPSA) is 41.6 Å². The number of methoxy groups -OCH3 is 1. The molecule has 0 unspecified atom stereocenters. The normalized spacial score (nSPS) is 12.3. The molecule has 1 aromatic rings. The number of benzene rings is 1. The number of anilines is 1. The second kappa shape index (κ2) is 6.61. The molecule has 0 saturated carbocycles. The highest BCUT2D eigenvalue weighted by atomic mass is 35.5. The van der Waals surface area contributed by atoms with Gasteiger partial charge in [0.05, 0.1) is 6.61 Å². The van der Waals surface area contributed by atoms with Crippen LogP contribution in [0.5, 0.6) is 0 Å². The molecule has 1 amide bonds. The smallest absolute Gasteiger partial charge is 0.253 e. The summed E-state index contributed by atoms with van der Waals surface area (Å²) in [4.78, 5) is 13.8. The van der Waals surface area contributed by atoms with Crippen LogP contribution in [0.4, 0.5) is 5.69 Å². The van der Waals surface area contributed by atoms with Crippen LogP contribution in [-0.2, 0) is 11.2 Å². The first-order valence-electron chi connectivity index (χ1n) is 5.83. The lowest BCUT2D eigenvalue weighted by molar-refractivity contribution is 0.0744. The Balaban J connectivity index is 0.00000162. The minimum absolute atomic E-state index is 0. The van der Waals surface area contributed by atoms with Crippen LogP contribution in [0.25, 0.3) is 0 Å². The summed E-state index contributed by atoms with van der Waals surface area (Å²) >= 11 is 0. The first kappa shape index (κ1) is 14.8. The Kier molecular flexibility index (Phi) is 5.44. The van der Waals surface area contributed by atoms with Crippen LogP contribution in [0.3, 0.4) is 0 Å². The van der Waals surface area contributed by atoms with Crippen molar-refractivity contribution in [3.63, 3.8) is 0 Å². The molecule has 1 aliphatic heterocycles. The van der Waals surface area contributed by atoms with Gasteiger partial charge in [-0.25, -0.2) is 0 Å². The summed E-state index contributed by atoms with van der Waals surface area (Å²) in [5.41, 5.74) is 3.14. The van der Waals surface area contributed by atoms with E-state index < -0.39 is 0 Å². The zero-order valence-corrected chi connectivity index (χ0v) is 11.5. The van der Waals surface area contributed by atoms with E-state index in [4.69, 9.17) is 4.74 Å². The highest BCUT2D eigenvalue weighted by Crippen LogP contribution is 2.23. The van der Waals surface area contributed by atoms with E-state index >= 15 is 0 Å². The number of hydrogen-bond donors (Lipinski definition) is 1. The van der Waals surface area contributed by atoms with Gasteiger partial charge in [-0.1, -0.05) is 0 Å². The van der Waals surface area contributed by atoms with Gasteiger partial charge in [-0.15, -0.1) is 12.4 Å². The Morgan fingerprint density at radius 2 is 2.28 bits per heavy atom. The van der Waals surface area contributed by atoms with Gasteiger partial charge in [0, 0.05) is 38.5 Å². The first-order chi connectivity index (χ1) is 8.22. The van der Waals surface area contributed by atoms with Gasteiger partial charge in [0.15, 0.2) is 0 Å². The Labute approximate surface area is 114 Å². The fourth-order valence-electron chi connectivity index (χ4n) is 1.99. The fraction of sp³-hybridized carbons (Fsp3) is 0.462. The van der Waals surface area contributed by atoms with Crippen LogP contribution in [0, 0.1) is 0 Å². The minimum Gasteiger partial charge on any atom is -0.384 e. The maximum absolute atomic E-state index is 12.1. The molecule has 1 N–H and O–H groups in total. The van der Waals surface area contributed by atoms with Crippen molar-refractivity contribution in [2.24, 2.45) is 0 Å².